The number of amides is 1. The van der Waals surface area contributed by atoms with E-state index in [0.29, 0.717) is 0 Å². The molecule has 0 saturated carbocycles. The highest BCUT2D eigenvalue weighted by Crippen LogP contribution is 2.30. The number of hydrogen-bond acceptors (Lipinski definition) is 3. The van der Waals surface area contributed by atoms with Crippen LogP contribution in [-0.4, -0.2) is 42.0 Å². The molecule has 1 fully saturated rings. The van der Waals surface area contributed by atoms with Crippen LogP contribution < -0.4 is 5.32 Å². The molecule has 1 atom stereocenters. The van der Waals surface area contributed by atoms with Gasteiger partial charge < -0.3 is 10.2 Å². The zero-order chi connectivity index (χ0) is 14.6. The van der Waals surface area contributed by atoms with Gasteiger partial charge in [-0.1, -0.05) is 13.8 Å². The molecule has 1 N–H and O–H groups in total. The van der Waals surface area contributed by atoms with Gasteiger partial charge in [-0.25, -0.2) is 0 Å². The summed E-state index contributed by atoms with van der Waals surface area (Å²) in [7, 11) is 1.90. The van der Waals surface area contributed by atoms with E-state index in [2.05, 4.69) is 24.1 Å². The summed E-state index contributed by atoms with van der Waals surface area (Å²) in [6.07, 6.45) is 6.72. The first kappa shape index (κ1) is 15.0. The summed E-state index contributed by atoms with van der Waals surface area (Å²) in [6, 6.07) is 3.95. The Labute approximate surface area is 121 Å². The van der Waals surface area contributed by atoms with Crippen molar-refractivity contribution in [2.24, 2.45) is 5.41 Å². The van der Waals surface area contributed by atoms with Crippen molar-refractivity contribution in [2.45, 2.75) is 39.2 Å². The maximum absolute atomic E-state index is 12.6. The molecule has 110 valence electrons. The van der Waals surface area contributed by atoms with Crippen molar-refractivity contribution >= 4 is 5.91 Å². The van der Waals surface area contributed by atoms with Crippen LogP contribution in [0.15, 0.2) is 24.5 Å². The van der Waals surface area contributed by atoms with E-state index in [1.54, 1.807) is 12.4 Å². The van der Waals surface area contributed by atoms with Crippen LogP contribution in [0.5, 0.6) is 0 Å². The second-order valence-electron chi connectivity index (χ2n) is 6.34. The monoisotopic (exact) mass is 275 g/mol. The van der Waals surface area contributed by atoms with Gasteiger partial charge in [0, 0.05) is 26.0 Å². The summed E-state index contributed by atoms with van der Waals surface area (Å²) in [5.41, 5.74) is 1.26. The molecule has 2 rings (SSSR count). The normalized spacial score (nSPS) is 21.4. The van der Waals surface area contributed by atoms with Gasteiger partial charge in [-0.15, -0.1) is 0 Å². The summed E-state index contributed by atoms with van der Waals surface area (Å²) in [5.74, 6) is 0.212. The molecule has 4 nitrogen and oxygen atoms in total. The Morgan fingerprint density at radius 2 is 2.15 bits per heavy atom. The summed E-state index contributed by atoms with van der Waals surface area (Å²) in [5, 5.41) is 3.39. The molecule has 1 aliphatic rings. The lowest BCUT2D eigenvalue weighted by Crippen LogP contribution is -2.56. The standard InChI is InChI=1S/C16H25N3O/c1-16(2)8-4-9-18-14(16)15(20)19(3)12-7-13-5-10-17-11-6-13/h5-6,10-11,14,18H,4,7-9,12H2,1-3H3. The van der Waals surface area contributed by atoms with Crippen molar-refractivity contribution in [3.05, 3.63) is 30.1 Å². The largest absolute Gasteiger partial charge is 0.344 e. The lowest BCUT2D eigenvalue weighted by molar-refractivity contribution is -0.136. The maximum atomic E-state index is 12.6. The van der Waals surface area contributed by atoms with Crippen molar-refractivity contribution in [1.82, 2.24) is 15.2 Å². The molecule has 1 aromatic rings. The van der Waals surface area contributed by atoms with Gasteiger partial charge in [-0.05, 0) is 48.9 Å². The second-order valence-corrected chi connectivity index (χ2v) is 6.34. The van der Waals surface area contributed by atoms with Gasteiger partial charge in [0.1, 0.15) is 0 Å². The van der Waals surface area contributed by atoms with E-state index in [4.69, 9.17) is 0 Å². The minimum atomic E-state index is -0.0568. The SMILES string of the molecule is CN(CCc1ccncc1)C(=O)C1NCCCC1(C)C. The summed E-state index contributed by atoms with van der Waals surface area (Å²) < 4.78 is 0. The van der Waals surface area contributed by atoms with Gasteiger partial charge in [-0.2, -0.15) is 0 Å². The van der Waals surface area contributed by atoms with Gasteiger partial charge >= 0.3 is 0 Å². The van der Waals surface area contributed by atoms with Crippen LogP contribution in [0.2, 0.25) is 0 Å². The number of carbonyl (C=O) groups excluding carboxylic acids is 1. The second kappa shape index (κ2) is 6.35. The number of hydrogen-bond donors (Lipinski definition) is 1. The van der Waals surface area contributed by atoms with Crippen LogP contribution in [0.1, 0.15) is 32.3 Å². The molecule has 0 radical (unpaired) electrons. The van der Waals surface area contributed by atoms with E-state index in [1.165, 1.54) is 5.56 Å². The van der Waals surface area contributed by atoms with Gasteiger partial charge in [0.2, 0.25) is 5.91 Å². The van der Waals surface area contributed by atoms with Crippen LogP contribution >= 0.6 is 0 Å². The minimum absolute atomic E-state index is 0.0419. The summed E-state index contributed by atoms with van der Waals surface area (Å²) in [4.78, 5) is 18.4. The molecule has 4 heteroatoms. The molecule has 2 heterocycles. The molecule has 1 amide bonds. The molecule has 1 aliphatic heterocycles. The molecule has 0 spiro atoms. The number of pyridine rings is 1. The Morgan fingerprint density at radius 1 is 1.45 bits per heavy atom. The lowest BCUT2D eigenvalue weighted by atomic mass is 9.77. The Morgan fingerprint density at radius 3 is 2.80 bits per heavy atom. The zero-order valence-corrected chi connectivity index (χ0v) is 12.7. The Hall–Kier alpha value is -1.42. The first-order valence-corrected chi connectivity index (χ1v) is 7.38. The molecular formula is C16H25N3O. The van der Waals surface area contributed by atoms with E-state index in [0.717, 1.165) is 32.4 Å². The van der Waals surface area contributed by atoms with Crippen LogP contribution in [0.4, 0.5) is 0 Å². The Balaban J connectivity index is 1.91. The molecule has 1 saturated heterocycles. The van der Waals surface area contributed by atoms with Crippen molar-refractivity contribution in [3.63, 3.8) is 0 Å². The van der Waals surface area contributed by atoms with Crippen LogP contribution in [-0.2, 0) is 11.2 Å². The lowest BCUT2D eigenvalue weighted by Gasteiger charge is -2.40. The fourth-order valence-corrected chi connectivity index (χ4v) is 2.81. The zero-order valence-electron chi connectivity index (χ0n) is 12.7. The third kappa shape index (κ3) is 3.57. The average Bonchev–Trinajstić information content (AvgIpc) is 2.44. The van der Waals surface area contributed by atoms with E-state index in [-0.39, 0.29) is 17.4 Å². The first-order valence-electron chi connectivity index (χ1n) is 7.38. The highest BCUT2D eigenvalue weighted by atomic mass is 16.2. The van der Waals surface area contributed by atoms with Crippen molar-refractivity contribution in [3.8, 4) is 0 Å². The number of carbonyl (C=O) groups is 1. The third-order valence-corrected chi connectivity index (χ3v) is 4.24. The van der Waals surface area contributed by atoms with Crippen molar-refractivity contribution in [2.75, 3.05) is 20.1 Å². The highest BCUT2D eigenvalue weighted by molar-refractivity contribution is 5.82. The molecule has 0 aromatic carbocycles. The topological polar surface area (TPSA) is 45.2 Å². The number of piperidine rings is 1. The number of nitrogens with one attached hydrogen (secondary N) is 1. The number of nitrogens with zero attached hydrogens (tertiary/aromatic N) is 2. The fraction of sp³-hybridized carbons (Fsp3) is 0.625. The predicted octanol–water partition coefficient (Wildman–Crippen LogP) is 1.86. The number of likely N-dealkylation sites (N-methyl/N-ethyl adjacent to an activating group) is 1. The van der Waals surface area contributed by atoms with Crippen molar-refractivity contribution in [1.29, 1.82) is 0 Å². The van der Waals surface area contributed by atoms with E-state index >= 15 is 0 Å². The van der Waals surface area contributed by atoms with E-state index < -0.39 is 0 Å². The van der Waals surface area contributed by atoms with Crippen LogP contribution in [0.25, 0.3) is 0 Å². The highest BCUT2D eigenvalue weighted by Gasteiger charge is 2.38. The quantitative estimate of drug-likeness (QED) is 0.912. The maximum Gasteiger partial charge on any atom is 0.240 e. The van der Waals surface area contributed by atoms with E-state index in [9.17, 15) is 4.79 Å². The molecular weight excluding hydrogens is 250 g/mol. The molecule has 1 unspecified atom stereocenters. The molecule has 0 aliphatic carbocycles. The van der Waals surface area contributed by atoms with Gasteiger partial charge in [-0.3, -0.25) is 9.78 Å². The van der Waals surface area contributed by atoms with Crippen LogP contribution in [0, 0.1) is 5.41 Å². The van der Waals surface area contributed by atoms with Crippen LogP contribution in [0.3, 0.4) is 0 Å². The number of rotatable bonds is 4. The number of aromatic nitrogens is 1. The predicted molar refractivity (Wildman–Crippen MR) is 80.4 cm³/mol. The summed E-state index contributed by atoms with van der Waals surface area (Å²) in [6.45, 7) is 6.05. The van der Waals surface area contributed by atoms with Gasteiger partial charge in [0.05, 0.1) is 6.04 Å². The summed E-state index contributed by atoms with van der Waals surface area (Å²) >= 11 is 0. The van der Waals surface area contributed by atoms with Gasteiger partial charge in [0.25, 0.3) is 0 Å². The van der Waals surface area contributed by atoms with E-state index in [1.807, 2.05) is 24.1 Å². The Kier molecular flexibility index (Phi) is 4.76. The smallest absolute Gasteiger partial charge is 0.240 e. The molecule has 20 heavy (non-hydrogen) atoms. The van der Waals surface area contributed by atoms with Gasteiger partial charge in [0.15, 0.2) is 0 Å². The average molecular weight is 275 g/mol. The third-order valence-electron chi connectivity index (χ3n) is 4.24. The first-order chi connectivity index (χ1) is 9.50. The minimum Gasteiger partial charge on any atom is -0.344 e. The molecule has 0 bridgehead atoms. The Bertz CT molecular complexity index is 444. The fourth-order valence-electron chi connectivity index (χ4n) is 2.81. The molecule has 1 aromatic heterocycles. The van der Waals surface area contributed by atoms with Crippen molar-refractivity contribution < 1.29 is 4.79 Å².